The van der Waals surface area contributed by atoms with Crippen LogP contribution in [-0.2, 0) is 4.74 Å². The third-order valence-corrected chi connectivity index (χ3v) is 3.68. The molecule has 1 aromatic carbocycles. The van der Waals surface area contributed by atoms with Crippen LogP contribution in [-0.4, -0.2) is 42.5 Å². The van der Waals surface area contributed by atoms with Crippen LogP contribution < -0.4 is 0 Å². The molecule has 0 spiro atoms. The minimum atomic E-state index is -0.0683. The molecule has 98 valence electrons. The van der Waals surface area contributed by atoms with E-state index in [0.717, 1.165) is 31.7 Å². The summed E-state index contributed by atoms with van der Waals surface area (Å²) < 4.78 is 5.49. The van der Waals surface area contributed by atoms with Crippen LogP contribution in [0.5, 0.6) is 0 Å². The summed E-state index contributed by atoms with van der Waals surface area (Å²) in [7, 11) is 0. The van der Waals surface area contributed by atoms with Gasteiger partial charge in [-0.3, -0.25) is 9.69 Å². The fraction of sp³-hybridized carbons (Fsp3) is 0.533. The number of carbonyl (C=O) groups is 1. The van der Waals surface area contributed by atoms with Gasteiger partial charge in [0.2, 0.25) is 0 Å². The molecule has 1 heterocycles. The van der Waals surface area contributed by atoms with Crippen molar-refractivity contribution in [3.8, 4) is 0 Å². The highest BCUT2D eigenvalue weighted by atomic mass is 16.5. The Morgan fingerprint density at radius 2 is 2.17 bits per heavy atom. The Balaban J connectivity index is 2.10. The normalized spacial score (nSPS) is 22.7. The van der Waals surface area contributed by atoms with Crippen LogP contribution in [0.25, 0.3) is 0 Å². The van der Waals surface area contributed by atoms with Crippen LogP contribution in [0.3, 0.4) is 0 Å². The van der Waals surface area contributed by atoms with E-state index in [4.69, 9.17) is 4.74 Å². The number of benzene rings is 1. The van der Waals surface area contributed by atoms with Crippen molar-refractivity contribution in [2.45, 2.75) is 32.4 Å². The quantitative estimate of drug-likeness (QED) is 0.765. The first-order valence-electron chi connectivity index (χ1n) is 6.66. The summed E-state index contributed by atoms with van der Waals surface area (Å²) in [4.78, 5) is 14.7. The van der Waals surface area contributed by atoms with Gasteiger partial charge in [0.25, 0.3) is 0 Å². The van der Waals surface area contributed by atoms with Crippen molar-refractivity contribution in [3.63, 3.8) is 0 Å². The van der Waals surface area contributed by atoms with Crippen LogP contribution in [0.4, 0.5) is 0 Å². The van der Waals surface area contributed by atoms with Crippen molar-refractivity contribution in [1.29, 1.82) is 0 Å². The van der Waals surface area contributed by atoms with Gasteiger partial charge in [-0.1, -0.05) is 37.3 Å². The van der Waals surface area contributed by atoms with Crippen LogP contribution >= 0.6 is 0 Å². The summed E-state index contributed by atoms with van der Waals surface area (Å²) in [5.74, 6) is 0.205. The smallest absolute Gasteiger partial charge is 0.179 e. The average Bonchev–Trinajstić information content (AvgIpc) is 2.46. The maximum Gasteiger partial charge on any atom is 0.179 e. The molecule has 0 aliphatic carbocycles. The standard InChI is InChI=1S/C15H21NO2/c1-3-14-11-18-10-9-16(14)12(2)15(17)13-7-5-4-6-8-13/h4-8,12,14H,3,9-11H2,1-2H3. The van der Waals surface area contributed by atoms with Gasteiger partial charge >= 0.3 is 0 Å². The predicted molar refractivity (Wildman–Crippen MR) is 71.8 cm³/mol. The molecule has 1 aliphatic heterocycles. The maximum atomic E-state index is 12.4. The second-order valence-electron chi connectivity index (χ2n) is 4.78. The molecule has 1 aromatic rings. The highest BCUT2D eigenvalue weighted by Gasteiger charge is 2.29. The van der Waals surface area contributed by atoms with Gasteiger partial charge in [-0.25, -0.2) is 0 Å². The van der Waals surface area contributed by atoms with E-state index in [1.807, 2.05) is 37.3 Å². The van der Waals surface area contributed by atoms with Gasteiger partial charge in [0.15, 0.2) is 5.78 Å². The molecule has 1 aliphatic rings. The van der Waals surface area contributed by atoms with Gasteiger partial charge in [-0.15, -0.1) is 0 Å². The zero-order valence-electron chi connectivity index (χ0n) is 11.1. The first-order valence-corrected chi connectivity index (χ1v) is 6.66. The monoisotopic (exact) mass is 247 g/mol. The van der Waals surface area contributed by atoms with Crippen LogP contribution in [0.2, 0.25) is 0 Å². The molecule has 0 aromatic heterocycles. The third kappa shape index (κ3) is 2.79. The number of Topliss-reactive ketones (excluding diaryl/α,β-unsaturated/α-hetero) is 1. The lowest BCUT2D eigenvalue weighted by Gasteiger charge is -2.38. The summed E-state index contributed by atoms with van der Waals surface area (Å²) in [5, 5.41) is 0. The van der Waals surface area contributed by atoms with Gasteiger partial charge in [0.05, 0.1) is 19.3 Å². The fourth-order valence-electron chi connectivity index (χ4n) is 2.52. The molecule has 1 saturated heterocycles. The largest absolute Gasteiger partial charge is 0.378 e. The van der Waals surface area contributed by atoms with Crippen molar-refractivity contribution in [1.82, 2.24) is 4.90 Å². The van der Waals surface area contributed by atoms with Gasteiger partial charge in [-0.05, 0) is 13.3 Å². The Morgan fingerprint density at radius 1 is 1.44 bits per heavy atom. The first kappa shape index (κ1) is 13.2. The number of rotatable bonds is 4. The molecular formula is C15H21NO2. The lowest BCUT2D eigenvalue weighted by Crippen LogP contribution is -2.52. The van der Waals surface area contributed by atoms with E-state index in [0.29, 0.717) is 6.04 Å². The Hall–Kier alpha value is -1.19. The van der Waals surface area contributed by atoms with Gasteiger partial charge < -0.3 is 4.74 Å². The number of hydrogen-bond donors (Lipinski definition) is 0. The molecule has 2 unspecified atom stereocenters. The zero-order valence-corrected chi connectivity index (χ0v) is 11.1. The Labute approximate surface area is 109 Å². The third-order valence-electron chi connectivity index (χ3n) is 3.68. The van der Waals surface area contributed by atoms with E-state index in [1.54, 1.807) is 0 Å². The van der Waals surface area contributed by atoms with Gasteiger partial charge in [0.1, 0.15) is 0 Å². The lowest BCUT2D eigenvalue weighted by molar-refractivity contribution is -0.0220. The average molecular weight is 247 g/mol. The molecule has 2 rings (SSSR count). The number of ketones is 1. The second kappa shape index (κ2) is 6.12. The molecule has 2 atom stereocenters. The highest BCUT2D eigenvalue weighted by molar-refractivity contribution is 5.99. The van der Waals surface area contributed by atoms with E-state index in [-0.39, 0.29) is 11.8 Å². The van der Waals surface area contributed by atoms with Crippen molar-refractivity contribution in [2.24, 2.45) is 0 Å². The Bertz CT molecular complexity index is 391. The SMILES string of the molecule is CCC1COCCN1C(C)C(=O)c1ccccc1. The molecule has 0 N–H and O–H groups in total. The fourth-order valence-corrected chi connectivity index (χ4v) is 2.52. The van der Waals surface area contributed by atoms with E-state index < -0.39 is 0 Å². The second-order valence-corrected chi connectivity index (χ2v) is 4.78. The van der Waals surface area contributed by atoms with Crippen LogP contribution in [0.1, 0.15) is 30.6 Å². The number of hydrogen-bond acceptors (Lipinski definition) is 3. The zero-order chi connectivity index (χ0) is 13.0. The van der Waals surface area contributed by atoms with Crippen molar-refractivity contribution >= 4 is 5.78 Å². The maximum absolute atomic E-state index is 12.4. The van der Waals surface area contributed by atoms with E-state index in [1.165, 1.54) is 0 Å². The number of morpholine rings is 1. The summed E-state index contributed by atoms with van der Waals surface area (Å²) in [6.07, 6.45) is 1.02. The topological polar surface area (TPSA) is 29.5 Å². The molecule has 18 heavy (non-hydrogen) atoms. The molecular weight excluding hydrogens is 226 g/mol. The first-order chi connectivity index (χ1) is 8.74. The van der Waals surface area contributed by atoms with Gasteiger partial charge in [-0.2, -0.15) is 0 Å². The summed E-state index contributed by atoms with van der Waals surface area (Å²) in [6, 6.07) is 9.83. The molecule has 0 amide bonds. The number of carbonyl (C=O) groups excluding carboxylic acids is 1. The van der Waals surface area contributed by atoms with Crippen molar-refractivity contribution in [3.05, 3.63) is 35.9 Å². The van der Waals surface area contributed by atoms with Gasteiger partial charge in [0, 0.05) is 18.2 Å². The Kier molecular flexibility index (Phi) is 4.50. The lowest BCUT2D eigenvalue weighted by atomic mass is 10.0. The molecule has 1 fully saturated rings. The molecule has 0 bridgehead atoms. The number of nitrogens with zero attached hydrogens (tertiary/aromatic N) is 1. The summed E-state index contributed by atoms with van der Waals surface area (Å²) >= 11 is 0. The van der Waals surface area contributed by atoms with E-state index in [2.05, 4.69) is 11.8 Å². The number of ether oxygens (including phenoxy) is 1. The van der Waals surface area contributed by atoms with E-state index >= 15 is 0 Å². The van der Waals surface area contributed by atoms with Crippen LogP contribution in [0.15, 0.2) is 30.3 Å². The van der Waals surface area contributed by atoms with Crippen molar-refractivity contribution in [2.75, 3.05) is 19.8 Å². The minimum Gasteiger partial charge on any atom is -0.378 e. The molecule has 0 radical (unpaired) electrons. The van der Waals surface area contributed by atoms with Crippen LogP contribution in [0, 0.1) is 0 Å². The van der Waals surface area contributed by atoms with E-state index in [9.17, 15) is 4.79 Å². The predicted octanol–water partition coefficient (Wildman–Crippen LogP) is 2.37. The summed E-state index contributed by atoms with van der Waals surface area (Å²) in [6.45, 7) is 6.46. The Morgan fingerprint density at radius 3 is 2.83 bits per heavy atom. The molecule has 3 heteroatoms. The minimum absolute atomic E-state index is 0.0683. The molecule has 3 nitrogen and oxygen atoms in total. The van der Waals surface area contributed by atoms with Crippen molar-refractivity contribution < 1.29 is 9.53 Å². The summed E-state index contributed by atoms with van der Waals surface area (Å²) in [5.41, 5.74) is 0.798. The molecule has 0 saturated carbocycles. The highest BCUT2D eigenvalue weighted by Crippen LogP contribution is 2.17.